The zero-order valence-corrected chi connectivity index (χ0v) is 26.7. The van der Waals surface area contributed by atoms with E-state index in [0.717, 1.165) is 22.7 Å². The van der Waals surface area contributed by atoms with Crippen LogP contribution in [-0.4, -0.2) is 0 Å². The lowest BCUT2D eigenvalue weighted by molar-refractivity contribution is 1.32. The van der Waals surface area contributed by atoms with Gasteiger partial charge in [0.2, 0.25) is 0 Å². The van der Waals surface area contributed by atoms with Crippen molar-refractivity contribution < 1.29 is 0 Å². The Bertz CT molecular complexity index is 1920. The van der Waals surface area contributed by atoms with Gasteiger partial charge in [0.1, 0.15) is 10.0 Å². The van der Waals surface area contributed by atoms with Gasteiger partial charge in [0.15, 0.2) is 0 Å². The topological polar surface area (TPSA) is 6.48 Å². The Morgan fingerprint density at radius 3 is 0.913 bits per heavy atom. The summed E-state index contributed by atoms with van der Waals surface area (Å²) in [5, 5.41) is 2.37. The van der Waals surface area contributed by atoms with Crippen LogP contribution in [0.15, 0.2) is 182 Å². The van der Waals surface area contributed by atoms with Gasteiger partial charge in [-0.2, -0.15) is 0 Å². The van der Waals surface area contributed by atoms with Gasteiger partial charge in [0.25, 0.3) is 0 Å². The van der Waals surface area contributed by atoms with Crippen LogP contribution in [0.2, 0.25) is 0 Å². The second-order valence-corrected chi connectivity index (χ2v) is 13.1. The molecule has 46 heavy (non-hydrogen) atoms. The normalized spacial score (nSPS) is 11.0. The molecule has 0 radical (unpaired) electrons. The zero-order chi connectivity index (χ0) is 30.7. The number of hydrogen-bond donors (Lipinski definition) is 0. The standard InChI is InChI=1S/C42H30N2S2/c1-6-16-31(17-7-1)43(32-18-8-2-9-19-32)41-28-26-39(45-41)37-30-38(36-25-15-5-14-24-35(36)37)40-27-29-42(46-40)44(33-20-10-3-11-21-33)34-22-12-4-13-23-34/h1-30H. The van der Waals surface area contributed by atoms with E-state index in [2.05, 4.69) is 192 Å². The zero-order valence-electron chi connectivity index (χ0n) is 25.0. The highest BCUT2D eigenvalue weighted by molar-refractivity contribution is 7.20. The summed E-state index contributed by atoms with van der Waals surface area (Å²) in [6.45, 7) is 0. The third-order valence-electron chi connectivity index (χ3n) is 8.12. The minimum Gasteiger partial charge on any atom is -0.302 e. The monoisotopic (exact) mass is 626 g/mol. The summed E-state index contributed by atoms with van der Waals surface area (Å²) in [7, 11) is 0. The van der Waals surface area contributed by atoms with E-state index >= 15 is 0 Å². The summed E-state index contributed by atoms with van der Waals surface area (Å²) in [6.07, 6.45) is 0. The van der Waals surface area contributed by atoms with Gasteiger partial charge < -0.3 is 9.80 Å². The van der Waals surface area contributed by atoms with Crippen molar-refractivity contribution in [2.45, 2.75) is 0 Å². The lowest BCUT2D eigenvalue weighted by Gasteiger charge is -2.23. The fraction of sp³-hybridized carbons (Fsp3) is 0. The number of benzene rings is 4. The molecule has 4 aromatic carbocycles. The molecule has 0 unspecified atom stereocenters. The van der Waals surface area contributed by atoms with Gasteiger partial charge in [-0.3, -0.25) is 0 Å². The fourth-order valence-electron chi connectivity index (χ4n) is 6.03. The molecule has 0 saturated heterocycles. The van der Waals surface area contributed by atoms with E-state index in [9.17, 15) is 0 Å². The van der Waals surface area contributed by atoms with Crippen LogP contribution in [0, 0.1) is 0 Å². The third-order valence-corrected chi connectivity index (χ3v) is 10.3. The SMILES string of the molecule is c1ccc(N(c2ccccc2)c2ccc(-c3cc(-c4ccc(N(c5ccccc5)c5ccccc5)s4)c4cccccc3-4)s2)cc1. The van der Waals surface area contributed by atoms with Crippen molar-refractivity contribution in [3.63, 3.8) is 0 Å². The van der Waals surface area contributed by atoms with E-state index in [1.807, 2.05) is 22.7 Å². The molecule has 0 amide bonds. The van der Waals surface area contributed by atoms with Crippen molar-refractivity contribution in [3.8, 4) is 32.0 Å². The van der Waals surface area contributed by atoms with Crippen molar-refractivity contribution in [1.82, 2.24) is 0 Å². The molecule has 0 fully saturated rings. The first-order valence-electron chi connectivity index (χ1n) is 15.4. The van der Waals surface area contributed by atoms with Crippen molar-refractivity contribution in [3.05, 3.63) is 182 Å². The quantitative estimate of drug-likeness (QED) is 0.166. The summed E-state index contributed by atoms with van der Waals surface area (Å²) in [6, 6.07) is 64.8. The van der Waals surface area contributed by atoms with E-state index in [1.54, 1.807) is 0 Å². The Labute approximate surface area is 278 Å². The second kappa shape index (κ2) is 12.5. The molecule has 0 N–H and O–H groups in total. The molecule has 0 bridgehead atoms. The van der Waals surface area contributed by atoms with Crippen LogP contribution >= 0.6 is 22.7 Å². The molecule has 0 atom stereocenters. The molecule has 0 aliphatic heterocycles. The first kappa shape index (κ1) is 28.1. The molecule has 2 aromatic heterocycles. The molecule has 2 nitrogen and oxygen atoms in total. The van der Waals surface area contributed by atoms with Crippen LogP contribution in [-0.2, 0) is 0 Å². The fourth-order valence-corrected chi connectivity index (χ4v) is 8.18. The Balaban J connectivity index is 1.22. The molecule has 2 aliphatic carbocycles. The highest BCUT2D eigenvalue weighted by atomic mass is 32.1. The Morgan fingerprint density at radius 1 is 0.283 bits per heavy atom. The van der Waals surface area contributed by atoms with Gasteiger partial charge in [-0.15, -0.1) is 22.7 Å². The van der Waals surface area contributed by atoms with Crippen LogP contribution < -0.4 is 9.80 Å². The lowest BCUT2D eigenvalue weighted by atomic mass is 10.1. The number of fused-ring (bicyclic) bond motifs is 1. The third kappa shape index (κ3) is 5.39. The molecule has 220 valence electrons. The molecule has 2 heterocycles. The molecule has 0 saturated carbocycles. The minimum absolute atomic E-state index is 1.15. The Hall–Kier alpha value is -5.42. The number of rotatable bonds is 8. The predicted molar refractivity (Wildman–Crippen MR) is 199 cm³/mol. The summed E-state index contributed by atoms with van der Waals surface area (Å²) < 4.78 is 0. The number of para-hydroxylation sites is 4. The predicted octanol–water partition coefficient (Wildman–Crippen LogP) is 13.2. The highest BCUT2D eigenvalue weighted by Gasteiger charge is 2.23. The average molecular weight is 627 g/mol. The van der Waals surface area contributed by atoms with Gasteiger partial charge in [-0.1, -0.05) is 103 Å². The summed E-state index contributed by atoms with van der Waals surface area (Å²) in [5.41, 5.74) is 9.63. The van der Waals surface area contributed by atoms with Crippen LogP contribution in [0.4, 0.5) is 32.8 Å². The number of anilines is 6. The smallest absolute Gasteiger partial charge is 0.101 e. The molecular weight excluding hydrogens is 597 g/mol. The first-order valence-corrected chi connectivity index (χ1v) is 17.0. The van der Waals surface area contributed by atoms with Gasteiger partial charge in [0, 0.05) is 43.6 Å². The first-order chi connectivity index (χ1) is 22.8. The Morgan fingerprint density at radius 2 is 0.587 bits per heavy atom. The summed E-state index contributed by atoms with van der Waals surface area (Å²) in [5.74, 6) is 0. The maximum atomic E-state index is 2.39. The maximum absolute atomic E-state index is 2.39. The average Bonchev–Trinajstić information content (AvgIpc) is 3.83. The van der Waals surface area contributed by atoms with Crippen LogP contribution in [0.25, 0.3) is 32.0 Å². The van der Waals surface area contributed by atoms with Crippen molar-refractivity contribution >= 4 is 55.4 Å². The Kier molecular flexibility index (Phi) is 7.65. The van der Waals surface area contributed by atoms with Gasteiger partial charge >= 0.3 is 0 Å². The largest absolute Gasteiger partial charge is 0.302 e. The molecule has 2 aliphatic rings. The van der Waals surface area contributed by atoms with E-state index < -0.39 is 0 Å². The highest BCUT2D eigenvalue weighted by Crippen LogP contribution is 2.50. The number of nitrogens with zero attached hydrogens (tertiary/aromatic N) is 2. The van der Waals surface area contributed by atoms with Gasteiger partial charge in [-0.25, -0.2) is 0 Å². The summed E-state index contributed by atoms with van der Waals surface area (Å²) >= 11 is 3.66. The van der Waals surface area contributed by atoms with Crippen LogP contribution in [0.3, 0.4) is 0 Å². The molecule has 4 heteroatoms. The minimum atomic E-state index is 1.15. The lowest BCUT2D eigenvalue weighted by Crippen LogP contribution is -2.07. The number of hydrogen-bond acceptors (Lipinski definition) is 4. The van der Waals surface area contributed by atoms with Crippen molar-refractivity contribution in [2.75, 3.05) is 9.80 Å². The van der Waals surface area contributed by atoms with E-state index in [0.29, 0.717) is 0 Å². The van der Waals surface area contributed by atoms with Crippen molar-refractivity contribution in [2.24, 2.45) is 0 Å². The van der Waals surface area contributed by atoms with Crippen LogP contribution in [0.5, 0.6) is 0 Å². The van der Waals surface area contributed by atoms with Crippen molar-refractivity contribution in [1.29, 1.82) is 0 Å². The molecule has 0 spiro atoms. The molecular formula is C42H30N2S2. The number of thiophene rings is 2. The van der Waals surface area contributed by atoms with Gasteiger partial charge in [0.05, 0.1) is 0 Å². The molecule has 6 aromatic rings. The van der Waals surface area contributed by atoms with E-state index in [4.69, 9.17) is 0 Å². The molecule has 8 rings (SSSR count). The van der Waals surface area contributed by atoms with E-state index in [-0.39, 0.29) is 0 Å². The van der Waals surface area contributed by atoms with Gasteiger partial charge in [-0.05, 0) is 90.0 Å². The maximum Gasteiger partial charge on any atom is 0.101 e. The second-order valence-electron chi connectivity index (χ2n) is 11.0. The summed E-state index contributed by atoms with van der Waals surface area (Å²) in [4.78, 5) is 7.18. The van der Waals surface area contributed by atoms with E-state index in [1.165, 1.54) is 42.0 Å². The van der Waals surface area contributed by atoms with Crippen LogP contribution in [0.1, 0.15) is 0 Å².